The van der Waals surface area contributed by atoms with Gasteiger partial charge in [-0.25, -0.2) is 8.42 Å². The average Bonchev–Trinajstić information content (AvgIpc) is 2.40. The summed E-state index contributed by atoms with van der Waals surface area (Å²) in [5.74, 6) is -0.735. The topological polar surface area (TPSA) is 51.2 Å². The van der Waals surface area contributed by atoms with E-state index in [1.807, 2.05) is 0 Å². The first kappa shape index (κ1) is 14.5. The number of sulfone groups is 1. The minimum Gasteiger partial charge on any atom is -0.293 e. The van der Waals surface area contributed by atoms with Gasteiger partial charge < -0.3 is 0 Å². The Morgan fingerprint density at radius 3 is 2.26 bits per heavy atom. The summed E-state index contributed by atoms with van der Waals surface area (Å²) < 4.78 is 24.4. The van der Waals surface area contributed by atoms with Crippen LogP contribution in [0.25, 0.3) is 0 Å². The van der Waals surface area contributed by atoms with E-state index in [9.17, 15) is 13.2 Å². The molecule has 104 valence electrons. The fraction of sp³-hybridized carbons (Fsp3) is 0.500. The number of carbonyl (C=O) groups is 1. The van der Waals surface area contributed by atoms with Gasteiger partial charge in [0.1, 0.15) is 5.75 Å². The van der Waals surface area contributed by atoms with Gasteiger partial charge in [0.2, 0.25) is 0 Å². The highest BCUT2D eigenvalue weighted by Crippen LogP contribution is 2.24. The fourth-order valence-electron chi connectivity index (χ4n) is 2.44. The van der Waals surface area contributed by atoms with E-state index >= 15 is 0 Å². The summed E-state index contributed by atoms with van der Waals surface area (Å²) in [6.45, 7) is 0. The molecule has 0 bridgehead atoms. The number of hydrogen-bond acceptors (Lipinski definition) is 3. The van der Waals surface area contributed by atoms with Crippen LogP contribution in [0.1, 0.15) is 42.5 Å². The highest BCUT2D eigenvalue weighted by atomic mass is 35.5. The largest absolute Gasteiger partial charge is 0.293 e. The van der Waals surface area contributed by atoms with Crippen LogP contribution in [0.5, 0.6) is 0 Å². The van der Waals surface area contributed by atoms with Crippen molar-refractivity contribution < 1.29 is 13.2 Å². The van der Waals surface area contributed by atoms with Gasteiger partial charge >= 0.3 is 0 Å². The van der Waals surface area contributed by atoms with E-state index in [-0.39, 0.29) is 16.8 Å². The highest BCUT2D eigenvalue weighted by Gasteiger charge is 2.29. The molecular formula is C14H17ClO3S. The number of hydrogen-bond donors (Lipinski definition) is 0. The predicted octanol–water partition coefficient (Wildman–Crippen LogP) is 3.27. The van der Waals surface area contributed by atoms with Crippen LogP contribution in [0.3, 0.4) is 0 Å². The van der Waals surface area contributed by atoms with E-state index in [4.69, 9.17) is 11.6 Å². The van der Waals surface area contributed by atoms with Crippen molar-refractivity contribution >= 4 is 27.2 Å². The van der Waals surface area contributed by atoms with E-state index in [2.05, 4.69) is 0 Å². The van der Waals surface area contributed by atoms with Crippen LogP contribution in [-0.2, 0) is 9.84 Å². The Morgan fingerprint density at radius 1 is 1.11 bits per heavy atom. The fourth-order valence-corrected chi connectivity index (χ4v) is 4.39. The van der Waals surface area contributed by atoms with E-state index in [1.54, 1.807) is 24.3 Å². The van der Waals surface area contributed by atoms with Crippen LogP contribution >= 0.6 is 11.6 Å². The second-order valence-corrected chi connectivity index (χ2v) is 7.71. The van der Waals surface area contributed by atoms with Crippen molar-refractivity contribution in [2.24, 2.45) is 0 Å². The third-order valence-corrected chi connectivity index (χ3v) is 5.96. The first-order chi connectivity index (χ1) is 8.99. The van der Waals surface area contributed by atoms with Gasteiger partial charge in [-0.15, -0.1) is 0 Å². The maximum Gasteiger partial charge on any atom is 0.177 e. The molecule has 0 spiro atoms. The molecule has 1 fully saturated rings. The number of Topliss-reactive ketones (excluding diaryl/α,β-unsaturated/α-hetero) is 1. The van der Waals surface area contributed by atoms with Gasteiger partial charge in [0.25, 0.3) is 0 Å². The molecule has 3 nitrogen and oxygen atoms in total. The Labute approximate surface area is 118 Å². The molecule has 5 heteroatoms. The SMILES string of the molecule is O=C(CS(=O)(=O)C1CCCCC1)c1ccc(Cl)cc1. The van der Waals surface area contributed by atoms with Crippen molar-refractivity contribution in [3.8, 4) is 0 Å². The zero-order valence-corrected chi connectivity index (χ0v) is 12.2. The zero-order chi connectivity index (χ0) is 13.9. The molecular weight excluding hydrogens is 284 g/mol. The molecule has 0 saturated heterocycles. The molecule has 0 amide bonds. The molecule has 1 aromatic carbocycles. The van der Waals surface area contributed by atoms with E-state index in [1.165, 1.54) is 0 Å². The molecule has 1 aliphatic carbocycles. The summed E-state index contributed by atoms with van der Waals surface area (Å²) in [6.07, 6.45) is 4.36. The summed E-state index contributed by atoms with van der Waals surface area (Å²) in [5, 5.41) is 0.198. The van der Waals surface area contributed by atoms with Crippen molar-refractivity contribution in [3.05, 3.63) is 34.9 Å². The molecule has 0 aliphatic heterocycles. The van der Waals surface area contributed by atoms with E-state index in [0.29, 0.717) is 23.4 Å². The Kier molecular flexibility index (Phi) is 4.63. The molecule has 0 aromatic heterocycles. The van der Waals surface area contributed by atoms with Gasteiger partial charge in [-0.2, -0.15) is 0 Å². The van der Waals surface area contributed by atoms with Gasteiger partial charge in [0.05, 0.1) is 5.25 Å². The second kappa shape index (κ2) is 6.06. The summed E-state index contributed by atoms with van der Waals surface area (Å²) >= 11 is 5.74. The van der Waals surface area contributed by atoms with Crippen molar-refractivity contribution in [2.45, 2.75) is 37.4 Å². The zero-order valence-electron chi connectivity index (χ0n) is 10.6. The minimum absolute atomic E-state index is 0.336. The van der Waals surface area contributed by atoms with Crippen LogP contribution in [0, 0.1) is 0 Å². The molecule has 0 N–H and O–H groups in total. The smallest absolute Gasteiger partial charge is 0.177 e. The molecule has 19 heavy (non-hydrogen) atoms. The molecule has 2 rings (SSSR count). The third kappa shape index (κ3) is 3.80. The number of benzene rings is 1. The predicted molar refractivity (Wildman–Crippen MR) is 76.4 cm³/mol. The molecule has 0 radical (unpaired) electrons. The third-order valence-electron chi connectivity index (χ3n) is 3.56. The van der Waals surface area contributed by atoms with Crippen LogP contribution in [0.2, 0.25) is 5.02 Å². The number of ketones is 1. The standard InChI is InChI=1S/C14H17ClO3S/c15-12-8-6-11(7-9-12)14(16)10-19(17,18)13-4-2-1-3-5-13/h6-9,13H,1-5,10H2. The number of halogens is 1. The lowest BCUT2D eigenvalue weighted by Crippen LogP contribution is -2.29. The first-order valence-corrected chi connectivity index (χ1v) is 8.59. The van der Waals surface area contributed by atoms with Gasteiger partial charge in [-0.05, 0) is 37.1 Å². The second-order valence-electron chi connectivity index (χ2n) is 5.00. The van der Waals surface area contributed by atoms with Crippen molar-refractivity contribution in [3.63, 3.8) is 0 Å². The van der Waals surface area contributed by atoms with Crippen LogP contribution < -0.4 is 0 Å². The molecule has 1 aliphatic rings. The Balaban J connectivity index is 2.07. The molecule has 0 heterocycles. The van der Waals surface area contributed by atoms with Crippen molar-refractivity contribution in [2.75, 3.05) is 5.75 Å². The summed E-state index contributed by atoms with van der Waals surface area (Å²) in [4.78, 5) is 12.0. The maximum absolute atomic E-state index is 12.2. The quantitative estimate of drug-likeness (QED) is 0.802. The normalized spacial score (nSPS) is 17.3. The molecule has 0 unspecified atom stereocenters. The van der Waals surface area contributed by atoms with Crippen LogP contribution in [0.15, 0.2) is 24.3 Å². The average molecular weight is 301 g/mol. The Hall–Kier alpha value is -0.870. The van der Waals surface area contributed by atoms with E-state index in [0.717, 1.165) is 19.3 Å². The van der Waals surface area contributed by atoms with Crippen molar-refractivity contribution in [1.82, 2.24) is 0 Å². The van der Waals surface area contributed by atoms with Crippen molar-refractivity contribution in [1.29, 1.82) is 0 Å². The molecule has 0 atom stereocenters. The number of carbonyl (C=O) groups excluding carboxylic acids is 1. The van der Waals surface area contributed by atoms with Gasteiger partial charge in [0.15, 0.2) is 15.6 Å². The summed E-state index contributed by atoms with van der Waals surface area (Å²) in [5.41, 5.74) is 0.406. The minimum atomic E-state index is -3.32. The lowest BCUT2D eigenvalue weighted by Gasteiger charge is -2.21. The first-order valence-electron chi connectivity index (χ1n) is 6.49. The highest BCUT2D eigenvalue weighted by molar-refractivity contribution is 7.92. The lowest BCUT2D eigenvalue weighted by atomic mass is 10.0. The summed E-state index contributed by atoms with van der Waals surface area (Å²) in [6, 6.07) is 6.34. The number of rotatable bonds is 4. The van der Waals surface area contributed by atoms with Gasteiger partial charge in [0, 0.05) is 10.6 Å². The molecule has 1 saturated carbocycles. The summed E-state index contributed by atoms with van der Waals surface area (Å²) in [7, 11) is -3.32. The van der Waals surface area contributed by atoms with Gasteiger partial charge in [-0.1, -0.05) is 30.9 Å². The van der Waals surface area contributed by atoms with Crippen LogP contribution in [-0.4, -0.2) is 25.2 Å². The Morgan fingerprint density at radius 2 is 1.68 bits per heavy atom. The maximum atomic E-state index is 12.2. The van der Waals surface area contributed by atoms with Crippen LogP contribution in [0.4, 0.5) is 0 Å². The lowest BCUT2D eigenvalue weighted by molar-refractivity contribution is 0.102. The monoisotopic (exact) mass is 300 g/mol. The Bertz CT molecular complexity index is 543. The molecule has 1 aromatic rings. The van der Waals surface area contributed by atoms with E-state index < -0.39 is 9.84 Å². The van der Waals surface area contributed by atoms with Gasteiger partial charge in [-0.3, -0.25) is 4.79 Å².